The molecule has 102 valence electrons. The Balaban J connectivity index is 1.68. The maximum atomic E-state index is 9.68. The van der Waals surface area contributed by atoms with E-state index in [1.807, 2.05) is 12.1 Å². The highest BCUT2D eigenvalue weighted by atomic mass is 32.2. The van der Waals surface area contributed by atoms with Crippen LogP contribution in [0.4, 0.5) is 0 Å². The summed E-state index contributed by atoms with van der Waals surface area (Å²) in [5.41, 5.74) is 2.95. The van der Waals surface area contributed by atoms with E-state index in [4.69, 9.17) is 0 Å². The molecule has 1 heterocycles. The molecule has 3 heteroatoms. The second-order valence-corrected chi connectivity index (χ2v) is 9.35. The van der Waals surface area contributed by atoms with E-state index in [1.54, 1.807) is 5.56 Å². The lowest BCUT2D eigenvalue weighted by molar-refractivity contribution is 0.271. The molecule has 0 radical (unpaired) electrons. The Bertz CT molecular complexity index is 494. The van der Waals surface area contributed by atoms with E-state index in [2.05, 4.69) is 29.6 Å². The molecule has 2 atom stereocenters. The van der Waals surface area contributed by atoms with E-state index >= 15 is 0 Å². The van der Waals surface area contributed by atoms with Crippen LogP contribution in [0.25, 0.3) is 0 Å². The summed E-state index contributed by atoms with van der Waals surface area (Å²) in [5.74, 6) is 4.75. The van der Waals surface area contributed by atoms with Crippen LogP contribution in [-0.4, -0.2) is 20.7 Å². The Morgan fingerprint density at radius 1 is 1.16 bits per heavy atom. The predicted molar refractivity (Wildman–Crippen MR) is 84.2 cm³/mol. The summed E-state index contributed by atoms with van der Waals surface area (Å²) < 4.78 is 0.521. The SMILES string of the molecule is Oc1ccc2c(c1)CCC1CCC3(CC21)SCCS3. The van der Waals surface area contributed by atoms with Crippen LogP contribution in [-0.2, 0) is 6.42 Å². The summed E-state index contributed by atoms with van der Waals surface area (Å²) in [6.45, 7) is 0. The van der Waals surface area contributed by atoms with Crippen molar-refractivity contribution >= 4 is 23.5 Å². The molecule has 3 aliphatic rings. The first-order chi connectivity index (χ1) is 9.26. The van der Waals surface area contributed by atoms with Crippen molar-refractivity contribution in [2.45, 2.75) is 42.1 Å². The maximum Gasteiger partial charge on any atom is 0.115 e. The molecule has 1 N–H and O–H groups in total. The van der Waals surface area contributed by atoms with E-state index in [1.165, 1.54) is 42.8 Å². The van der Waals surface area contributed by atoms with Gasteiger partial charge in [-0.1, -0.05) is 6.07 Å². The van der Waals surface area contributed by atoms with Crippen LogP contribution in [0.2, 0.25) is 0 Å². The molecule has 1 aliphatic heterocycles. The van der Waals surface area contributed by atoms with Gasteiger partial charge in [0.1, 0.15) is 5.75 Å². The zero-order chi connectivity index (χ0) is 12.9. The van der Waals surface area contributed by atoms with Gasteiger partial charge in [-0.05, 0) is 67.2 Å². The van der Waals surface area contributed by atoms with Crippen LogP contribution in [0.15, 0.2) is 18.2 Å². The topological polar surface area (TPSA) is 20.2 Å². The summed E-state index contributed by atoms with van der Waals surface area (Å²) in [4.78, 5) is 0. The molecule has 1 saturated carbocycles. The van der Waals surface area contributed by atoms with Crippen molar-refractivity contribution < 1.29 is 5.11 Å². The third-order valence-electron chi connectivity index (χ3n) is 5.12. The van der Waals surface area contributed by atoms with Gasteiger partial charge >= 0.3 is 0 Å². The first kappa shape index (κ1) is 12.5. The normalized spacial score (nSPS) is 32.0. The second-order valence-electron chi connectivity index (χ2n) is 6.14. The number of aromatic hydroxyl groups is 1. The van der Waals surface area contributed by atoms with Crippen molar-refractivity contribution in [2.75, 3.05) is 11.5 Å². The molecule has 19 heavy (non-hydrogen) atoms. The zero-order valence-corrected chi connectivity index (χ0v) is 12.7. The minimum Gasteiger partial charge on any atom is -0.508 e. The van der Waals surface area contributed by atoms with Crippen LogP contribution < -0.4 is 0 Å². The number of fused-ring (bicyclic) bond motifs is 3. The van der Waals surface area contributed by atoms with Gasteiger partial charge in [0.2, 0.25) is 0 Å². The molecular formula is C16H20OS2. The molecule has 2 unspecified atom stereocenters. The summed E-state index contributed by atoms with van der Waals surface area (Å²) in [6.07, 6.45) is 6.66. The fraction of sp³-hybridized carbons (Fsp3) is 0.625. The summed E-state index contributed by atoms with van der Waals surface area (Å²) in [6, 6.07) is 6.09. The minimum absolute atomic E-state index is 0.437. The largest absolute Gasteiger partial charge is 0.508 e. The Kier molecular flexibility index (Phi) is 3.03. The van der Waals surface area contributed by atoms with Crippen molar-refractivity contribution in [3.8, 4) is 5.75 Å². The molecule has 1 nitrogen and oxygen atoms in total. The van der Waals surface area contributed by atoms with Gasteiger partial charge in [0, 0.05) is 11.5 Å². The van der Waals surface area contributed by atoms with Gasteiger partial charge in [0.25, 0.3) is 0 Å². The van der Waals surface area contributed by atoms with Crippen molar-refractivity contribution in [2.24, 2.45) is 5.92 Å². The average molecular weight is 292 g/mol. The molecule has 0 amide bonds. The van der Waals surface area contributed by atoms with Gasteiger partial charge in [0.15, 0.2) is 0 Å². The van der Waals surface area contributed by atoms with Gasteiger partial charge in [-0.15, -0.1) is 23.5 Å². The third-order valence-corrected chi connectivity index (χ3v) is 8.70. The van der Waals surface area contributed by atoms with Crippen molar-refractivity contribution in [3.05, 3.63) is 29.3 Å². The predicted octanol–water partition coefficient (Wildman–Crippen LogP) is 4.40. The van der Waals surface area contributed by atoms with Crippen LogP contribution in [0.3, 0.4) is 0 Å². The standard InChI is InChI=1S/C16H20OS2/c17-13-3-4-14-12(9-13)2-1-11-5-6-16(10-15(11)14)18-7-8-19-16/h3-4,9,11,15,17H,1-2,5-8,10H2. The summed E-state index contributed by atoms with van der Waals surface area (Å²) in [5, 5.41) is 9.68. The Morgan fingerprint density at radius 3 is 2.84 bits per heavy atom. The molecule has 0 aromatic heterocycles. The molecule has 4 rings (SSSR count). The summed E-state index contributed by atoms with van der Waals surface area (Å²) >= 11 is 4.43. The van der Waals surface area contributed by atoms with Gasteiger partial charge in [-0.25, -0.2) is 0 Å². The number of rotatable bonds is 0. The first-order valence-corrected chi connectivity index (χ1v) is 9.33. The molecule has 1 aromatic rings. The van der Waals surface area contributed by atoms with Crippen LogP contribution in [0.5, 0.6) is 5.75 Å². The lowest BCUT2D eigenvalue weighted by atomic mass is 9.68. The molecule has 1 aromatic carbocycles. The number of phenols is 1. The lowest BCUT2D eigenvalue weighted by Crippen LogP contribution is -2.34. The Morgan fingerprint density at radius 2 is 2.00 bits per heavy atom. The fourth-order valence-corrected chi connectivity index (χ4v) is 7.55. The third kappa shape index (κ3) is 2.09. The number of aryl methyl sites for hydroxylation is 1. The quantitative estimate of drug-likeness (QED) is 0.765. The van der Waals surface area contributed by atoms with Gasteiger partial charge in [-0.3, -0.25) is 0 Å². The molecule has 1 saturated heterocycles. The molecule has 1 spiro atoms. The van der Waals surface area contributed by atoms with Crippen molar-refractivity contribution in [3.63, 3.8) is 0 Å². The minimum atomic E-state index is 0.437. The highest BCUT2D eigenvalue weighted by molar-refractivity contribution is 8.21. The highest BCUT2D eigenvalue weighted by Crippen LogP contribution is 2.59. The molecule has 2 aliphatic carbocycles. The maximum absolute atomic E-state index is 9.68. The van der Waals surface area contributed by atoms with E-state index in [0.29, 0.717) is 9.83 Å². The molecular weight excluding hydrogens is 272 g/mol. The first-order valence-electron chi connectivity index (χ1n) is 7.35. The number of hydrogen-bond acceptors (Lipinski definition) is 3. The number of phenolic OH excluding ortho intramolecular Hbond substituents is 1. The van der Waals surface area contributed by atoms with E-state index in [0.717, 1.165) is 18.3 Å². The number of benzene rings is 1. The zero-order valence-electron chi connectivity index (χ0n) is 11.1. The molecule has 2 fully saturated rings. The average Bonchev–Trinajstić information content (AvgIpc) is 2.86. The van der Waals surface area contributed by atoms with E-state index in [9.17, 15) is 5.11 Å². The summed E-state index contributed by atoms with van der Waals surface area (Å²) in [7, 11) is 0. The fourth-order valence-electron chi connectivity index (χ4n) is 4.19. The van der Waals surface area contributed by atoms with Crippen molar-refractivity contribution in [1.82, 2.24) is 0 Å². The number of hydrogen-bond donors (Lipinski definition) is 1. The van der Waals surface area contributed by atoms with E-state index in [-0.39, 0.29) is 0 Å². The van der Waals surface area contributed by atoms with Crippen molar-refractivity contribution in [1.29, 1.82) is 0 Å². The molecule has 0 bridgehead atoms. The number of thioether (sulfide) groups is 2. The van der Waals surface area contributed by atoms with E-state index < -0.39 is 0 Å². The van der Waals surface area contributed by atoms with Crippen LogP contribution in [0, 0.1) is 5.92 Å². The van der Waals surface area contributed by atoms with Crippen LogP contribution in [0.1, 0.15) is 42.7 Å². The Hall–Kier alpha value is -0.280. The Labute approximate surface area is 123 Å². The van der Waals surface area contributed by atoms with Gasteiger partial charge in [-0.2, -0.15) is 0 Å². The lowest BCUT2D eigenvalue weighted by Gasteiger charge is -2.44. The second kappa shape index (κ2) is 4.63. The highest BCUT2D eigenvalue weighted by Gasteiger charge is 2.45. The monoisotopic (exact) mass is 292 g/mol. The van der Waals surface area contributed by atoms with Gasteiger partial charge in [0.05, 0.1) is 4.08 Å². The van der Waals surface area contributed by atoms with Crippen LogP contribution >= 0.6 is 23.5 Å². The smallest absolute Gasteiger partial charge is 0.115 e. The van der Waals surface area contributed by atoms with Gasteiger partial charge < -0.3 is 5.11 Å².